The molecule has 1 amide bonds. The van der Waals surface area contributed by atoms with Crippen LogP contribution < -0.4 is 10.7 Å². The lowest BCUT2D eigenvalue weighted by Gasteiger charge is -2.16. The van der Waals surface area contributed by atoms with Gasteiger partial charge in [0.1, 0.15) is 5.92 Å². The third-order valence-electron chi connectivity index (χ3n) is 4.16. The number of rotatable bonds is 5. The highest BCUT2D eigenvalue weighted by atomic mass is 32.2. The summed E-state index contributed by atoms with van der Waals surface area (Å²) < 4.78 is 64.2. The lowest BCUT2D eigenvalue weighted by molar-refractivity contribution is -0.130. The van der Waals surface area contributed by atoms with Crippen LogP contribution in [0.5, 0.6) is 0 Å². The van der Waals surface area contributed by atoms with E-state index < -0.39 is 53.5 Å². The SMILES string of the molecule is Nc1ccc(S(=O)(=O)O)c(C2C(=O)N(c3ccc(S(=O)(=O)O)cc3)N=C2C(=O)O)c1. The van der Waals surface area contributed by atoms with Gasteiger partial charge in [0.05, 0.1) is 15.5 Å². The molecule has 1 unspecified atom stereocenters. The molecular formula is C16H13N3O9S2. The highest BCUT2D eigenvalue weighted by Gasteiger charge is 2.43. The first-order chi connectivity index (χ1) is 13.8. The number of hydrogen-bond donors (Lipinski definition) is 4. The first-order valence-corrected chi connectivity index (χ1v) is 10.8. The van der Waals surface area contributed by atoms with Gasteiger partial charge in [0, 0.05) is 5.69 Å². The van der Waals surface area contributed by atoms with Crippen LogP contribution >= 0.6 is 0 Å². The zero-order valence-electron chi connectivity index (χ0n) is 14.7. The van der Waals surface area contributed by atoms with Gasteiger partial charge in [-0.1, -0.05) is 0 Å². The van der Waals surface area contributed by atoms with Crippen molar-refractivity contribution >= 4 is 49.2 Å². The van der Waals surface area contributed by atoms with E-state index in [9.17, 15) is 36.1 Å². The summed E-state index contributed by atoms with van der Waals surface area (Å²) in [5.74, 6) is -4.33. The van der Waals surface area contributed by atoms with Crippen LogP contribution in [0.4, 0.5) is 11.4 Å². The fraction of sp³-hybridized carbons (Fsp3) is 0.0625. The number of carbonyl (C=O) groups excluding carboxylic acids is 1. The van der Waals surface area contributed by atoms with Gasteiger partial charge < -0.3 is 10.8 Å². The summed E-state index contributed by atoms with van der Waals surface area (Å²) in [5, 5.41) is 13.8. The van der Waals surface area contributed by atoms with Crippen molar-refractivity contribution in [2.75, 3.05) is 10.7 Å². The minimum Gasteiger partial charge on any atom is -0.477 e. The van der Waals surface area contributed by atoms with E-state index in [1.165, 1.54) is 0 Å². The van der Waals surface area contributed by atoms with E-state index >= 15 is 0 Å². The minimum atomic E-state index is -4.83. The van der Waals surface area contributed by atoms with Gasteiger partial charge in [0.2, 0.25) is 0 Å². The van der Waals surface area contributed by atoms with Crippen LogP contribution in [0.3, 0.4) is 0 Å². The second-order valence-corrected chi connectivity index (χ2v) is 8.93. The molecule has 1 aliphatic rings. The number of benzene rings is 2. The minimum absolute atomic E-state index is 0.00546. The van der Waals surface area contributed by atoms with Crippen LogP contribution in [-0.2, 0) is 29.8 Å². The molecule has 30 heavy (non-hydrogen) atoms. The second-order valence-electron chi connectivity index (χ2n) is 6.11. The van der Waals surface area contributed by atoms with E-state index in [1.54, 1.807) is 0 Å². The second kappa shape index (κ2) is 7.17. The summed E-state index contributed by atoms with van der Waals surface area (Å²) in [5.41, 5.74) is 4.47. The predicted octanol–water partition coefficient (Wildman–Crippen LogP) is 0.333. The van der Waals surface area contributed by atoms with E-state index in [0.717, 1.165) is 42.5 Å². The summed E-state index contributed by atoms with van der Waals surface area (Å²) in [4.78, 5) is 23.4. The molecule has 1 atom stereocenters. The van der Waals surface area contributed by atoms with Crippen molar-refractivity contribution in [1.29, 1.82) is 0 Å². The Hall–Kier alpha value is -3.33. The number of anilines is 2. The molecule has 0 saturated heterocycles. The maximum atomic E-state index is 13.0. The topological polar surface area (TPSA) is 205 Å². The molecule has 1 aliphatic heterocycles. The number of carboxylic acids is 1. The molecule has 0 aliphatic carbocycles. The average Bonchev–Trinajstić information content (AvgIpc) is 2.97. The predicted molar refractivity (Wildman–Crippen MR) is 102 cm³/mol. The summed E-state index contributed by atoms with van der Waals surface area (Å²) in [6, 6.07) is 7.22. The monoisotopic (exact) mass is 455 g/mol. The van der Waals surface area contributed by atoms with Gasteiger partial charge >= 0.3 is 5.97 Å². The number of nitrogen functional groups attached to an aromatic ring is 1. The Kier molecular flexibility index (Phi) is 5.11. The van der Waals surface area contributed by atoms with Crippen molar-refractivity contribution in [2.24, 2.45) is 5.10 Å². The standard InChI is InChI=1S/C16H13N3O9S2/c17-8-1-6-12(30(26,27)28)11(7-8)13-14(16(21)22)18-19(15(13)20)9-2-4-10(5-3-9)29(23,24)25/h1-7,13H,17H2,(H,21,22)(H,23,24,25)(H,26,27,28). The molecule has 0 saturated carbocycles. The van der Waals surface area contributed by atoms with Gasteiger partial charge in [-0.25, -0.2) is 4.79 Å². The normalized spacial score (nSPS) is 17.1. The Morgan fingerprint density at radius 2 is 1.60 bits per heavy atom. The molecule has 0 radical (unpaired) electrons. The maximum absolute atomic E-state index is 13.0. The molecule has 12 nitrogen and oxygen atoms in total. The molecule has 1 heterocycles. The quantitative estimate of drug-likeness (QED) is 0.359. The van der Waals surface area contributed by atoms with Crippen molar-refractivity contribution in [2.45, 2.75) is 15.7 Å². The fourth-order valence-electron chi connectivity index (χ4n) is 2.87. The van der Waals surface area contributed by atoms with E-state index in [4.69, 9.17) is 10.3 Å². The van der Waals surface area contributed by atoms with Crippen LogP contribution in [0.25, 0.3) is 0 Å². The summed E-state index contributed by atoms with van der Waals surface area (Å²) in [6.45, 7) is 0. The van der Waals surface area contributed by atoms with Crippen LogP contribution in [0, 0.1) is 0 Å². The van der Waals surface area contributed by atoms with Crippen molar-refractivity contribution in [3.8, 4) is 0 Å². The lowest BCUT2D eigenvalue weighted by atomic mass is 9.93. The zero-order chi connectivity index (χ0) is 22.4. The number of aliphatic carboxylic acids is 1. The van der Waals surface area contributed by atoms with E-state index in [0.29, 0.717) is 5.01 Å². The van der Waals surface area contributed by atoms with E-state index in [1.807, 2.05) is 0 Å². The van der Waals surface area contributed by atoms with Crippen molar-refractivity contribution in [3.05, 3.63) is 48.0 Å². The summed E-state index contributed by atoms with van der Waals surface area (Å²) >= 11 is 0. The molecule has 2 aromatic carbocycles. The van der Waals surface area contributed by atoms with Crippen molar-refractivity contribution < 1.29 is 40.6 Å². The summed E-state index contributed by atoms with van der Waals surface area (Å²) in [6.07, 6.45) is 0. The number of carboxylic acid groups (broad SMARTS) is 1. The van der Waals surface area contributed by atoms with E-state index in [2.05, 4.69) is 5.10 Å². The van der Waals surface area contributed by atoms with Gasteiger partial charge in [-0.2, -0.15) is 26.9 Å². The van der Waals surface area contributed by atoms with Crippen molar-refractivity contribution in [3.63, 3.8) is 0 Å². The third kappa shape index (κ3) is 3.88. The molecule has 0 aromatic heterocycles. The molecule has 14 heteroatoms. The Morgan fingerprint density at radius 3 is 2.10 bits per heavy atom. The number of nitrogens with zero attached hydrogens (tertiary/aromatic N) is 2. The van der Waals surface area contributed by atoms with E-state index in [-0.39, 0.29) is 16.9 Å². The number of hydrogen-bond acceptors (Lipinski definition) is 8. The molecule has 158 valence electrons. The molecule has 0 fully saturated rings. The Labute approximate surface area is 169 Å². The van der Waals surface area contributed by atoms with Gasteiger partial charge in [0.15, 0.2) is 5.71 Å². The molecule has 0 spiro atoms. The number of amides is 1. The molecule has 2 aromatic rings. The highest BCUT2D eigenvalue weighted by Crippen LogP contribution is 2.35. The largest absolute Gasteiger partial charge is 0.477 e. The zero-order valence-corrected chi connectivity index (χ0v) is 16.3. The van der Waals surface area contributed by atoms with Crippen LogP contribution in [0.15, 0.2) is 57.4 Å². The fourth-order valence-corrected chi connectivity index (χ4v) is 4.07. The lowest BCUT2D eigenvalue weighted by Crippen LogP contribution is -2.29. The number of nitrogens with two attached hydrogens (primary N) is 1. The smallest absolute Gasteiger partial charge is 0.353 e. The first-order valence-electron chi connectivity index (χ1n) is 7.91. The Balaban J connectivity index is 2.14. The number of carbonyl (C=O) groups is 2. The van der Waals surface area contributed by atoms with Gasteiger partial charge in [-0.05, 0) is 48.0 Å². The van der Waals surface area contributed by atoms with Crippen LogP contribution in [0.2, 0.25) is 0 Å². The first kappa shape index (κ1) is 21.4. The van der Waals surface area contributed by atoms with Gasteiger partial charge in [0.25, 0.3) is 26.1 Å². The number of hydrazone groups is 1. The van der Waals surface area contributed by atoms with Crippen LogP contribution in [0.1, 0.15) is 11.5 Å². The van der Waals surface area contributed by atoms with Gasteiger partial charge in [-0.15, -0.1) is 0 Å². The van der Waals surface area contributed by atoms with Gasteiger partial charge in [-0.3, -0.25) is 13.9 Å². The Morgan fingerprint density at radius 1 is 1.00 bits per heavy atom. The Bertz CT molecular complexity index is 1300. The highest BCUT2D eigenvalue weighted by molar-refractivity contribution is 7.86. The molecular weight excluding hydrogens is 442 g/mol. The molecule has 0 bridgehead atoms. The maximum Gasteiger partial charge on any atom is 0.353 e. The molecule has 3 rings (SSSR count). The third-order valence-corrected chi connectivity index (χ3v) is 5.95. The average molecular weight is 455 g/mol. The van der Waals surface area contributed by atoms with Crippen molar-refractivity contribution in [1.82, 2.24) is 0 Å². The van der Waals surface area contributed by atoms with Crippen LogP contribution in [-0.4, -0.2) is 48.6 Å². The summed E-state index contributed by atoms with van der Waals surface area (Å²) in [7, 11) is -9.34. The molecule has 5 N–H and O–H groups in total.